The molecule has 2 heterocycles. The van der Waals surface area contributed by atoms with Crippen LogP contribution in [0.2, 0.25) is 0 Å². The third-order valence-corrected chi connectivity index (χ3v) is 3.64. The maximum atomic E-state index is 13.2. The van der Waals surface area contributed by atoms with E-state index in [9.17, 15) is 14.0 Å². The largest absolute Gasteiger partial charge is 0.379 e. The van der Waals surface area contributed by atoms with Gasteiger partial charge in [-0.1, -0.05) is 6.07 Å². The summed E-state index contributed by atoms with van der Waals surface area (Å²) in [6, 6.07) is 5.53. The average molecular weight is 319 g/mol. The molecule has 2 amide bonds. The predicted molar refractivity (Wildman–Crippen MR) is 76.9 cm³/mol. The first-order valence-electron chi connectivity index (χ1n) is 6.98. The summed E-state index contributed by atoms with van der Waals surface area (Å²) in [5.74, 6) is -1.17. The van der Waals surface area contributed by atoms with Crippen molar-refractivity contribution in [2.24, 2.45) is 0 Å². The molecule has 2 aromatic rings. The highest BCUT2D eigenvalue weighted by molar-refractivity contribution is 5.97. The molecule has 0 unspecified atom stereocenters. The third-order valence-electron chi connectivity index (χ3n) is 3.64. The van der Waals surface area contributed by atoms with Crippen molar-refractivity contribution in [1.82, 2.24) is 20.1 Å². The number of hydrogen-bond donors (Lipinski definition) is 1. The number of piperazine rings is 1. The van der Waals surface area contributed by atoms with E-state index >= 15 is 0 Å². The number of rotatable bonds is 2. The van der Waals surface area contributed by atoms with E-state index in [2.05, 4.69) is 14.9 Å². The van der Waals surface area contributed by atoms with Crippen LogP contribution < -0.4 is 5.73 Å². The van der Waals surface area contributed by atoms with Crippen LogP contribution in [0.15, 0.2) is 28.9 Å². The smallest absolute Gasteiger partial charge is 0.280 e. The molecule has 8 nitrogen and oxygen atoms in total. The Balaban J connectivity index is 1.63. The van der Waals surface area contributed by atoms with Crippen LogP contribution in [0.1, 0.15) is 20.8 Å². The Bertz CT molecular complexity index is 740. The zero-order valence-corrected chi connectivity index (χ0v) is 12.1. The van der Waals surface area contributed by atoms with Crippen LogP contribution in [0.25, 0.3) is 0 Å². The normalized spacial score (nSPS) is 14.8. The van der Waals surface area contributed by atoms with Crippen molar-refractivity contribution in [3.05, 3.63) is 41.3 Å². The molecule has 120 valence electrons. The van der Waals surface area contributed by atoms with Gasteiger partial charge in [0.1, 0.15) is 5.82 Å². The van der Waals surface area contributed by atoms with Crippen LogP contribution in [0.3, 0.4) is 0 Å². The van der Waals surface area contributed by atoms with Crippen molar-refractivity contribution in [2.45, 2.75) is 0 Å². The maximum Gasteiger partial charge on any atom is 0.280 e. The van der Waals surface area contributed by atoms with Gasteiger partial charge in [0.05, 0.1) is 0 Å². The van der Waals surface area contributed by atoms with Crippen LogP contribution in [0, 0.1) is 5.82 Å². The van der Waals surface area contributed by atoms with Gasteiger partial charge in [0.2, 0.25) is 11.5 Å². The van der Waals surface area contributed by atoms with E-state index in [1.54, 1.807) is 11.0 Å². The van der Waals surface area contributed by atoms with Crippen LogP contribution in [-0.4, -0.2) is 58.1 Å². The Morgan fingerprint density at radius 3 is 2.30 bits per heavy atom. The molecule has 9 heteroatoms. The van der Waals surface area contributed by atoms with E-state index in [4.69, 9.17) is 5.73 Å². The quantitative estimate of drug-likeness (QED) is 0.858. The minimum atomic E-state index is -0.460. The lowest BCUT2D eigenvalue weighted by atomic mass is 10.1. The fourth-order valence-electron chi connectivity index (χ4n) is 2.41. The molecule has 2 N–H and O–H groups in total. The van der Waals surface area contributed by atoms with Gasteiger partial charge in [0.25, 0.3) is 11.8 Å². The Hall–Kier alpha value is -2.97. The molecule has 0 aliphatic carbocycles. The van der Waals surface area contributed by atoms with Crippen LogP contribution in [0.4, 0.5) is 10.2 Å². The number of nitrogen functional groups attached to an aromatic ring is 1. The van der Waals surface area contributed by atoms with E-state index < -0.39 is 5.82 Å². The summed E-state index contributed by atoms with van der Waals surface area (Å²) < 4.78 is 17.6. The monoisotopic (exact) mass is 319 g/mol. The fourth-order valence-corrected chi connectivity index (χ4v) is 2.41. The van der Waals surface area contributed by atoms with Gasteiger partial charge in [-0.05, 0) is 28.5 Å². The SMILES string of the molecule is Nc1nonc1C(=O)N1CCN(C(=O)c2cccc(F)c2)CC1. The summed E-state index contributed by atoms with van der Waals surface area (Å²) >= 11 is 0. The number of benzene rings is 1. The summed E-state index contributed by atoms with van der Waals surface area (Å²) in [6.07, 6.45) is 0. The van der Waals surface area contributed by atoms with Crippen LogP contribution in [0.5, 0.6) is 0 Å². The molecular formula is C14H14FN5O3. The van der Waals surface area contributed by atoms with E-state index in [0.29, 0.717) is 26.2 Å². The highest BCUT2D eigenvalue weighted by Gasteiger charge is 2.28. The minimum absolute atomic E-state index is 0.0325. The zero-order chi connectivity index (χ0) is 16.4. The van der Waals surface area contributed by atoms with E-state index in [1.807, 2.05) is 0 Å². The molecule has 1 aromatic carbocycles. The van der Waals surface area contributed by atoms with Gasteiger partial charge in [0.15, 0.2) is 0 Å². The number of aromatic nitrogens is 2. The lowest BCUT2D eigenvalue weighted by molar-refractivity contribution is 0.0529. The molecule has 1 saturated heterocycles. The number of carbonyl (C=O) groups is 2. The molecule has 1 aliphatic heterocycles. The standard InChI is InChI=1S/C14H14FN5O3/c15-10-3-1-2-9(8-10)13(21)19-4-6-20(7-5-19)14(22)11-12(16)18-23-17-11/h1-3,8H,4-7H2,(H2,16,18). The van der Waals surface area contributed by atoms with Crippen LogP contribution >= 0.6 is 0 Å². The van der Waals surface area contributed by atoms with Crippen molar-refractivity contribution in [3.63, 3.8) is 0 Å². The Morgan fingerprint density at radius 1 is 1.09 bits per heavy atom. The number of amides is 2. The van der Waals surface area contributed by atoms with Crippen molar-refractivity contribution in [3.8, 4) is 0 Å². The second-order valence-electron chi connectivity index (χ2n) is 5.09. The number of nitrogens with zero attached hydrogens (tertiary/aromatic N) is 4. The molecule has 1 fully saturated rings. The summed E-state index contributed by atoms with van der Waals surface area (Å²) in [5, 5.41) is 6.85. The zero-order valence-electron chi connectivity index (χ0n) is 12.1. The van der Waals surface area contributed by atoms with Gasteiger partial charge in [0, 0.05) is 31.7 Å². The maximum absolute atomic E-state index is 13.2. The third kappa shape index (κ3) is 2.98. The average Bonchev–Trinajstić information content (AvgIpc) is 3.00. The number of halogens is 1. The molecular weight excluding hydrogens is 305 g/mol. The van der Waals surface area contributed by atoms with Crippen molar-refractivity contribution < 1.29 is 18.6 Å². The molecule has 0 atom stereocenters. The van der Waals surface area contributed by atoms with Gasteiger partial charge < -0.3 is 15.5 Å². The van der Waals surface area contributed by atoms with Gasteiger partial charge >= 0.3 is 0 Å². The van der Waals surface area contributed by atoms with Gasteiger partial charge in [-0.25, -0.2) is 9.02 Å². The first-order valence-corrected chi connectivity index (χ1v) is 6.98. The number of anilines is 1. The molecule has 1 aliphatic rings. The van der Waals surface area contributed by atoms with Gasteiger partial charge in [-0.3, -0.25) is 9.59 Å². The molecule has 0 radical (unpaired) electrons. The summed E-state index contributed by atoms with van der Waals surface area (Å²) in [7, 11) is 0. The van der Waals surface area contributed by atoms with E-state index in [-0.39, 0.29) is 28.9 Å². The fraction of sp³-hybridized carbons (Fsp3) is 0.286. The molecule has 23 heavy (non-hydrogen) atoms. The second-order valence-corrected chi connectivity index (χ2v) is 5.09. The summed E-state index contributed by atoms with van der Waals surface area (Å²) in [5.41, 5.74) is 5.75. The topological polar surface area (TPSA) is 106 Å². The molecule has 0 bridgehead atoms. The number of carbonyl (C=O) groups excluding carboxylic acids is 2. The molecule has 3 rings (SSSR count). The van der Waals surface area contributed by atoms with Crippen molar-refractivity contribution in [1.29, 1.82) is 0 Å². The molecule has 0 spiro atoms. The molecule has 1 aromatic heterocycles. The first kappa shape index (κ1) is 14.9. The summed E-state index contributed by atoms with van der Waals surface area (Å²) in [6.45, 7) is 1.33. The lowest BCUT2D eigenvalue weighted by Gasteiger charge is -2.34. The lowest BCUT2D eigenvalue weighted by Crippen LogP contribution is -2.50. The van der Waals surface area contributed by atoms with Crippen molar-refractivity contribution in [2.75, 3.05) is 31.9 Å². The predicted octanol–water partition coefficient (Wildman–Crippen LogP) is 0.389. The van der Waals surface area contributed by atoms with E-state index in [0.717, 1.165) is 0 Å². The van der Waals surface area contributed by atoms with Gasteiger partial charge in [-0.15, -0.1) is 0 Å². The second kappa shape index (κ2) is 6.03. The van der Waals surface area contributed by atoms with Crippen molar-refractivity contribution >= 4 is 17.6 Å². The Labute approximate surface area is 130 Å². The Kier molecular flexibility index (Phi) is 3.92. The number of nitrogens with two attached hydrogens (primary N) is 1. The summed E-state index contributed by atoms with van der Waals surface area (Å²) in [4.78, 5) is 27.6. The highest BCUT2D eigenvalue weighted by Crippen LogP contribution is 2.14. The molecule has 0 saturated carbocycles. The minimum Gasteiger partial charge on any atom is -0.379 e. The van der Waals surface area contributed by atoms with Gasteiger partial charge in [-0.2, -0.15) is 0 Å². The first-order chi connectivity index (χ1) is 11.1. The van der Waals surface area contributed by atoms with E-state index in [1.165, 1.54) is 23.1 Å². The number of hydrogen-bond acceptors (Lipinski definition) is 6. The Morgan fingerprint density at radius 2 is 1.74 bits per heavy atom. The highest BCUT2D eigenvalue weighted by atomic mass is 19.1. The van der Waals surface area contributed by atoms with Crippen LogP contribution in [-0.2, 0) is 0 Å².